The van der Waals surface area contributed by atoms with E-state index in [0.29, 0.717) is 11.1 Å². The molecule has 0 radical (unpaired) electrons. The van der Waals surface area contributed by atoms with Crippen molar-refractivity contribution in [2.45, 2.75) is 13.2 Å². The Bertz CT molecular complexity index is 607. The van der Waals surface area contributed by atoms with Gasteiger partial charge in [0, 0.05) is 6.66 Å². The molecule has 0 heterocycles. The van der Waals surface area contributed by atoms with Crippen LogP contribution in [0.25, 0.3) is 0 Å². The lowest BCUT2D eigenvalue weighted by atomic mass is 10.2. The minimum absolute atomic E-state index is 0.0192. The molecular formula is C15H15F2O3P. The van der Waals surface area contributed by atoms with Gasteiger partial charge in [0.15, 0.2) is 0 Å². The third-order valence-electron chi connectivity index (χ3n) is 2.71. The molecule has 2 rings (SSSR count). The van der Waals surface area contributed by atoms with Gasteiger partial charge in [-0.05, 0) is 35.4 Å². The molecule has 0 N–H and O–H groups in total. The van der Waals surface area contributed by atoms with Crippen LogP contribution in [0, 0.1) is 11.6 Å². The maximum atomic E-state index is 13.0. The van der Waals surface area contributed by atoms with Gasteiger partial charge in [0.05, 0.1) is 13.2 Å². The van der Waals surface area contributed by atoms with Gasteiger partial charge in [0.1, 0.15) is 11.6 Å². The van der Waals surface area contributed by atoms with Crippen LogP contribution in [0.2, 0.25) is 0 Å². The van der Waals surface area contributed by atoms with Crippen LogP contribution in [0.5, 0.6) is 0 Å². The van der Waals surface area contributed by atoms with Gasteiger partial charge >= 0.3 is 7.60 Å². The highest BCUT2D eigenvalue weighted by Crippen LogP contribution is 2.45. The van der Waals surface area contributed by atoms with Crippen LogP contribution in [0.3, 0.4) is 0 Å². The van der Waals surface area contributed by atoms with Crippen molar-refractivity contribution in [1.29, 1.82) is 0 Å². The molecular weight excluding hydrogens is 297 g/mol. The predicted molar refractivity (Wildman–Crippen MR) is 75.9 cm³/mol. The summed E-state index contributed by atoms with van der Waals surface area (Å²) in [4.78, 5) is 0. The van der Waals surface area contributed by atoms with Gasteiger partial charge in [-0.25, -0.2) is 8.78 Å². The van der Waals surface area contributed by atoms with Crippen molar-refractivity contribution < 1.29 is 22.4 Å². The lowest BCUT2D eigenvalue weighted by Crippen LogP contribution is -1.97. The monoisotopic (exact) mass is 312 g/mol. The number of benzene rings is 2. The fourth-order valence-electron chi connectivity index (χ4n) is 1.67. The number of hydrogen-bond donors (Lipinski definition) is 0. The Hall–Kier alpha value is -1.55. The Kier molecular flexibility index (Phi) is 5.23. The smallest absolute Gasteiger partial charge is 0.304 e. The lowest BCUT2D eigenvalue weighted by Gasteiger charge is -2.14. The van der Waals surface area contributed by atoms with Crippen molar-refractivity contribution in [2.75, 3.05) is 6.66 Å². The fourth-order valence-corrected chi connectivity index (χ4v) is 2.52. The Labute approximate surface area is 122 Å². The zero-order chi connectivity index (χ0) is 15.3. The van der Waals surface area contributed by atoms with E-state index < -0.39 is 7.60 Å². The highest BCUT2D eigenvalue weighted by atomic mass is 31.2. The first kappa shape index (κ1) is 15.8. The van der Waals surface area contributed by atoms with Crippen LogP contribution in [0.1, 0.15) is 11.1 Å². The number of hydrogen-bond acceptors (Lipinski definition) is 3. The molecule has 0 saturated carbocycles. The zero-order valence-electron chi connectivity index (χ0n) is 11.5. The molecule has 2 aromatic carbocycles. The molecule has 0 saturated heterocycles. The Morgan fingerprint density at radius 2 is 1.33 bits per heavy atom. The van der Waals surface area contributed by atoms with Crippen molar-refractivity contribution in [3.05, 3.63) is 71.3 Å². The van der Waals surface area contributed by atoms with E-state index in [1.165, 1.54) is 30.9 Å². The maximum Gasteiger partial charge on any atom is 0.328 e. The maximum absolute atomic E-state index is 13.0. The van der Waals surface area contributed by atoms with Gasteiger partial charge in [-0.2, -0.15) is 0 Å². The van der Waals surface area contributed by atoms with Gasteiger partial charge in [0.25, 0.3) is 0 Å². The molecule has 2 aromatic rings. The summed E-state index contributed by atoms with van der Waals surface area (Å²) in [6.45, 7) is 1.29. The minimum atomic E-state index is -3.30. The molecule has 0 aromatic heterocycles. The summed E-state index contributed by atoms with van der Waals surface area (Å²) in [7, 11) is -3.30. The van der Waals surface area contributed by atoms with Crippen molar-refractivity contribution in [2.24, 2.45) is 0 Å². The average molecular weight is 312 g/mol. The van der Waals surface area contributed by atoms with Gasteiger partial charge in [-0.1, -0.05) is 24.3 Å². The molecule has 0 bridgehead atoms. The number of rotatable bonds is 6. The van der Waals surface area contributed by atoms with Crippen LogP contribution >= 0.6 is 7.60 Å². The minimum Gasteiger partial charge on any atom is -0.304 e. The van der Waals surface area contributed by atoms with E-state index in [2.05, 4.69) is 0 Å². The molecule has 112 valence electrons. The van der Waals surface area contributed by atoms with E-state index in [-0.39, 0.29) is 24.8 Å². The Balaban J connectivity index is 1.88. The quantitative estimate of drug-likeness (QED) is 0.736. The van der Waals surface area contributed by atoms with Gasteiger partial charge in [-0.3, -0.25) is 4.57 Å². The first-order chi connectivity index (χ1) is 9.94. The molecule has 0 aliphatic carbocycles. The molecule has 0 spiro atoms. The summed E-state index contributed by atoms with van der Waals surface area (Å²) < 4.78 is 48.5. The Morgan fingerprint density at radius 3 is 1.71 bits per heavy atom. The SMILES string of the molecule is CP(=O)(OCc1cccc(F)c1)OCc1cccc(F)c1. The van der Waals surface area contributed by atoms with Gasteiger partial charge in [-0.15, -0.1) is 0 Å². The summed E-state index contributed by atoms with van der Waals surface area (Å²) in [5.74, 6) is -0.773. The third-order valence-corrected chi connectivity index (χ3v) is 3.91. The van der Waals surface area contributed by atoms with E-state index in [0.717, 1.165) is 0 Å². The average Bonchev–Trinajstić information content (AvgIpc) is 2.44. The summed E-state index contributed by atoms with van der Waals surface area (Å²) >= 11 is 0. The number of halogens is 2. The zero-order valence-corrected chi connectivity index (χ0v) is 12.4. The summed E-state index contributed by atoms with van der Waals surface area (Å²) in [5.41, 5.74) is 1.12. The first-order valence-corrected chi connectivity index (χ1v) is 8.29. The summed E-state index contributed by atoms with van der Waals surface area (Å²) in [5, 5.41) is 0. The van der Waals surface area contributed by atoms with Crippen molar-refractivity contribution in [1.82, 2.24) is 0 Å². The van der Waals surface area contributed by atoms with E-state index >= 15 is 0 Å². The molecule has 6 heteroatoms. The van der Waals surface area contributed by atoms with E-state index in [1.807, 2.05) is 0 Å². The van der Waals surface area contributed by atoms with Crippen LogP contribution in [0.4, 0.5) is 8.78 Å². The second kappa shape index (κ2) is 6.94. The van der Waals surface area contributed by atoms with E-state index in [1.54, 1.807) is 24.3 Å². The van der Waals surface area contributed by atoms with Crippen molar-refractivity contribution >= 4 is 7.60 Å². The molecule has 0 unspecified atom stereocenters. The van der Waals surface area contributed by atoms with Crippen molar-refractivity contribution in [3.8, 4) is 0 Å². The van der Waals surface area contributed by atoms with Crippen LogP contribution in [0.15, 0.2) is 48.5 Å². The van der Waals surface area contributed by atoms with Gasteiger partial charge in [0.2, 0.25) is 0 Å². The second-order valence-corrected chi connectivity index (χ2v) is 6.64. The van der Waals surface area contributed by atoms with Crippen LogP contribution in [-0.2, 0) is 26.8 Å². The molecule has 0 aliphatic rings. The molecule has 21 heavy (non-hydrogen) atoms. The highest BCUT2D eigenvalue weighted by Gasteiger charge is 2.17. The van der Waals surface area contributed by atoms with Crippen molar-refractivity contribution in [3.63, 3.8) is 0 Å². The topological polar surface area (TPSA) is 35.5 Å². The molecule has 3 nitrogen and oxygen atoms in total. The second-order valence-electron chi connectivity index (χ2n) is 4.58. The highest BCUT2D eigenvalue weighted by molar-refractivity contribution is 7.52. The summed E-state index contributed by atoms with van der Waals surface area (Å²) in [6.07, 6.45) is 0. The third kappa shape index (κ3) is 5.38. The molecule has 0 amide bonds. The molecule has 0 atom stereocenters. The van der Waals surface area contributed by atoms with Crippen LogP contribution in [-0.4, -0.2) is 6.66 Å². The largest absolute Gasteiger partial charge is 0.328 e. The van der Waals surface area contributed by atoms with Gasteiger partial charge < -0.3 is 9.05 Å². The van der Waals surface area contributed by atoms with E-state index in [9.17, 15) is 13.3 Å². The lowest BCUT2D eigenvalue weighted by molar-refractivity contribution is 0.195. The first-order valence-electron chi connectivity index (χ1n) is 6.30. The van der Waals surface area contributed by atoms with E-state index in [4.69, 9.17) is 9.05 Å². The Morgan fingerprint density at radius 1 is 0.905 bits per heavy atom. The predicted octanol–water partition coefficient (Wildman–Crippen LogP) is 4.52. The van der Waals surface area contributed by atoms with Crippen LogP contribution < -0.4 is 0 Å². The normalized spacial score (nSPS) is 11.6. The molecule has 0 fully saturated rings. The molecule has 0 aliphatic heterocycles. The standard InChI is InChI=1S/C15H15F2O3P/c1-21(18,19-10-12-4-2-6-14(16)8-12)20-11-13-5-3-7-15(17)9-13/h2-9H,10-11H2,1H3. The summed E-state index contributed by atoms with van der Waals surface area (Å²) in [6, 6.07) is 11.6. The fraction of sp³-hybridized carbons (Fsp3) is 0.200.